The Labute approximate surface area is 204 Å². The molecule has 2 aliphatic carbocycles. The fourth-order valence-corrected chi connectivity index (χ4v) is 6.01. The van der Waals surface area contributed by atoms with E-state index in [-0.39, 0.29) is 16.7 Å². The number of carbonyl (C=O) groups excluding carboxylic acids is 1. The molecule has 1 heterocycles. The van der Waals surface area contributed by atoms with Gasteiger partial charge in [-0.2, -0.15) is 10.2 Å². The number of amides is 1. The van der Waals surface area contributed by atoms with Gasteiger partial charge in [-0.3, -0.25) is 4.79 Å². The van der Waals surface area contributed by atoms with E-state index in [1.807, 2.05) is 78.9 Å². The Morgan fingerprint density at radius 3 is 1.97 bits per heavy atom. The smallest absolute Gasteiger partial charge is 0.237 e. The number of benzene rings is 3. The van der Waals surface area contributed by atoms with Gasteiger partial charge in [0.05, 0.1) is 39.2 Å². The van der Waals surface area contributed by atoms with E-state index in [0.29, 0.717) is 0 Å². The van der Waals surface area contributed by atoms with Gasteiger partial charge in [0.1, 0.15) is 0 Å². The summed E-state index contributed by atoms with van der Waals surface area (Å²) in [4.78, 5) is 24.1. The van der Waals surface area contributed by atoms with Crippen molar-refractivity contribution in [2.75, 3.05) is 5.32 Å². The van der Waals surface area contributed by atoms with Gasteiger partial charge < -0.3 is 5.32 Å². The first-order valence-corrected chi connectivity index (χ1v) is 12.0. The van der Waals surface area contributed by atoms with Crippen LogP contribution in [0.25, 0.3) is 11.0 Å². The minimum absolute atomic E-state index is 0.0202. The molecule has 1 fully saturated rings. The summed E-state index contributed by atoms with van der Waals surface area (Å²) in [6.07, 6.45) is 1.66. The number of carbonyl (C=O) groups is 1. The van der Waals surface area contributed by atoms with E-state index < -0.39 is 5.41 Å². The lowest BCUT2D eigenvalue weighted by Crippen LogP contribution is -2.48. The van der Waals surface area contributed by atoms with Crippen molar-refractivity contribution in [2.24, 2.45) is 15.6 Å². The van der Waals surface area contributed by atoms with E-state index >= 15 is 0 Å². The summed E-state index contributed by atoms with van der Waals surface area (Å²) in [6, 6.07) is 25.0. The standard InChI is InChI=1S/C29H27N5O/c1-27(2)28(3)17-18-29(27,25-24(28)31-22-11-7-8-12-23(22)32-25)26(35)30-19-13-15-21(16-14-19)34-33-20-9-5-4-6-10-20/h4-16H,17-18H2,1-3H3,(H,30,35). The number of nitrogens with zero attached hydrogens (tertiary/aromatic N) is 4. The van der Waals surface area contributed by atoms with Gasteiger partial charge in [-0.1, -0.05) is 51.1 Å². The van der Waals surface area contributed by atoms with E-state index in [9.17, 15) is 4.79 Å². The highest BCUT2D eigenvalue weighted by atomic mass is 16.2. The Hall–Kier alpha value is -3.93. The van der Waals surface area contributed by atoms with E-state index in [1.165, 1.54) is 0 Å². The van der Waals surface area contributed by atoms with Gasteiger partial charge in [0.25, 0.3) is 0 Å². The van der Waals surface area contributed by atoms with Crippen molar-refractivity contribution in [1.29, 1.82) is 0 Å². The molecule has 2 bridgehead atoms. The predicted molar refractivity (Wildman–Crippen MR) is 137 cm³/mol. The Kier molecular flexibility index (Phi) is 4.65. The van der Waals surface area contributed by atoms with Crippen LogP contribution in [-0.2, 0) is 15.6 Å². The van der Waals surface area contributed by atoms with Gasteiger partial charge in [-0.05, 0) is 66.8 Å². The molecule has 0 radical (unpaired) electrons. The van der Waals surface area contributed by atoms with E-state index in [2.05, 4.69) is 36.3 Å². The average Bonchev–Trinajstić information content (AvgIpc) is 3.17. The van der Waals surface area contributed by atoms with E-state index in [1.54, 1.807) is 0 Å². The van der Waals surface area contributed by atoms with E-state index in [0.717, 1.165) is 52.3 Å². The van der Waals surface area contributed by atoms with Gasteiger partial charge >= 0.3 is 0 Å². The summed E-state index contributed by atoms with van der Waals surface area (Å²) in [5, 5.41) is 11.7. The molecule has 3 aromatic carbocycles. The minimum atomic E-state index is -0.736. The number of fused-ring (bicyclic) bond motifs is 6. The number of hydrogen-bond donors (Lipinski definition) is 1. The van der Waals surface area contributed by atoms with Gasteiger partial charge in [-0.25, -0.2) is 9.97 Å². The number of anilines is 1. The fourth-order valence-electron chi connectivity index (χ4n) is 6.01. The van der Waals surface area contributed by atoms with Crippen LogP contribution in [0.1, 0.15) is 45.0 Å². The lowest BCUT2D eigenvalue weighted by atomic mass is 9.63. The first-order valence-electron chi connectivity index (χ1n) is 12.0. The van der Waals surface area contributed by atoms with Crippen LogP contribution >= 0.6 is 0 Å². The molecule has 1 amide bonds. The summed E-state index contributed by atoms with van der Waals surface area (Å²) in [5.41, 5.74) is 4.50. The molecular formula is C29H27N5O. The van der Waals surface area contributed by atoms with Crippen LogP contribution in [-0.4, -0.2) is 15.9 Å². The van der Waals surface area contributed by atoms with Crippen molar-refractivity contribution in [3.63, 3.8) is 0 Å². The molecule has 0 aliphatic heterocycles. The largest absolute Gasteiger partial charge is 0.325 e. The zero-order chi connectivity index (χ0) is 24.3. The highest BCUT2D eigenvalue weighted by molar-refractivity contribution is 6.02. The number of para-hydroxylation sites is 2. The van der Waals surface area contributed by atoms with Gasteiger partial charge in [0.2, 0.25) is 5.91 Å². The van der Waals surface area contributed by atoms with Crippen molar-refractivity contribution in [3.05, 3.63) is 90.3 Å². The highest BCUT2D eigenvalue weighted by Gasteiger charge is 2.73. The third-order valence-corrected chi connectivity index (χ3v) is 8.49. The first-order chi connectivity index (χ1) is 16.8. The maximum atomic E-state index is 14.0. The molecule has 1 saturated carbocycles. The van der Waals surface area contributed by atoms with Crippen LogP contribution in [0.3, 0.4) is 0 Å². The highest BCUT2D eigenvalue weighted by Crippen LogP contribution is 2.70. The van der Waals surface area contributed by atoms with E-state index in [4.69, 9.17) is 9.97 Å². The summed E-state index contributed by atoms with van der Waals surface area (Å²) in [7, 11) is 0. The average molecular weight is 462 g/mol. The number of aromatic nitrogens is 2. The third-order valence-electron chi connectivity index (χ3n) is 8.49. The van der Waals surface area contributed by atoms with Crippen molar-refractivity contribution in [2.45, 2.75) is 44.4 Å². The SMILES string of the molecule is CC12CCC(C(=O)Nc3ccc(N=Nc4ccccc4)cc3)(c3nc4ccccc4nc31)C2(C)C. The van der Waals surface area contributed by atoms with Crippen LogP contribution in [0, 0.1) is 5.41 Å². The van der Waals surface area contributed by atoms with Crippen molar-refractivity contribution < 1.29 is 4.79 Å². The molecule has 6 nitrogen and oxygen atoms in total. The molecule has 0 saturated heterocycles. The van der Waals surface area contributed by atoms with Crippen LogP contribution < -0.4 is 5.32 Å². The quantitative estimate of drug-likeness (QED) is 0.332. The van der Waals surface area contributed by atoms with Gasteiger partial charge in [0.15, 0.2) is 0 Å². The molecule has 35 heavy (non-hydrogen) atoms. The zero-order valence-corrected chi connectivity index (χ0v) is 20.1. The summed E-state index contributed by atoms with van der Waals surface area (Å²) in [5.74, 6) is -0.0202. The minimum Gasteiger partial charge on any atom is -0.325 e. The fraction of sp³-hybridized carbons (Fsp3) is 0.276. The Balaban J connectivity index is 1.32. The molecular weight excluding hydrogens is 434 g/mol. The van der Waals surface area contributed by atoms with Crippen molar-refractivity contribution in [1.82, 2.24) is 9.97 Å². The van der Waals surface area contributed by atoms with Crippen LogP contribution in [0.2, 0.25) is 0 Å². The van der Waals surface area contributed by atoms with Crippen molar-refractivity contribution >= 4 is 34.0 Å². The predicted octanol–water partition coefficient (Wildman–Crippen LogP) is 7.01. The molecule has 2 unspecified atom stereocenters. The molecule has 1 N–H and O–H groups in total. The van der Waals surface area contributed by atoms with Crippen LogP contribution in [0.15, 0.2) is 89.1 Å². The molecule has 1 aromatic heterocycles. The molecule has 2 aliphatic rings. The maximum Gasteiger partial charge on any atom is 0.237 e. The number of hydrogen-bond acceptors (Lipinski definition) is 5. The first kappa shape index (κ1) is 21.6. The van der Waals surface area contributed by atoms with Crippen LogP contribution in [0.4, 0.5) is 17.1 Å². The van der Waals surface area contributed by atoms with Gasteiger partial charge in [-0.15, -0.1) is 0 Å². The second kappa shape index (κ2) is 7.54. The monoisotopic (exact) mass is 461 g/mol. The maximum absolute atomic E-state index is 14.0. The Bertz CT molecular complexity index is 1480. The van der Waals surface area contributed by atoms with Crippen LogP contribution in [0.5, 0.6) is 0 Å². The summed E-state index contributed by atoms with van der Waals surface area (Å²) >= 11 is 0. The summed E-state index contributed by atoms with van der Waals surface area (Å²) in [6.45, 7) is 6.63. The number of nitrogens with one attached hydrogen (secondary N) is 1. The van der Waals surface area contributed by atoms with Gasteiger partial charge in [0, 0.05) is 11.1 Å². The van der Waals surface area contributed by atoms with Crippen molar-refractivity contribution in [3.8, 4) is 0 Å². The number of azo groups is 1. The topological polar surface area (TPSA) is 79.6 Å². The molecule has 6 heteroatoms. The molecule has 2 atom stereocenters. The third kappa shape index (κ3) is 2.99. The Morgan fingerprint density at radius 1 is 0.743 bits per heavy atom. The summed E-state index contributed by atoms with van der Waals surface area (Å²) < 4.78 is 0. The normalized spacial score (nSPS) is 24.1. The molecule has 174 valence electrons. The zero-order valence-electron chi connectivity index (χ0n) is 20.1. The lowest BCUT2D eigenvalue weighted by Gasteiger charge is -2.39. The lowest BCUT2D eigenvalue weighted by molar-refractivity contribution is -0.125. The second-order valence-corrected chi connectivity index (χ2v) is 10.3. The molecule has 6 rings (SSSR count). The molecule has 0 spiro atoms. The number of rotatable bonds is 4. The molecule has 4 aromatic rings. The second-order valence-electron chi connectivity index (χ2n) is 10.3. The Morgan fingerprint density at radius 2 is 1.31 bits per heavy atom.